The fourth-order valence-corrected chi connectivity index (χ4v) is 4.46. The highest BCUT2D eigenvalue weighted by atomic mass is 32.2. The number of aryl methyl sites for hydroxylation is 1. The molecule has 1 aliphatic heterocycles. The van der Waals surface area contributed by atoms with Gasteiger partial charge < -0.3 is 10.6 Å². The second kappa shape index (κ2) is 7.13. The molecule has 1 aliphatic rings. The highest BCUT2D eigenvalue weighted by Crippen LogP contribution is 2.19. The summed E-state index contributed by atoms with van der Waals surface area (Å²) in [5, 5.41) is 5.05. The summed E-state index contributed by atoms with van der Waals surface area (Å²) in [6.45, 7) is 4.81. The summed E-state index contributed by atoms with van der Waals surface area (Å²) in [7, 11) is -3.00. The highest BCUT2D eigenvalue weighted by Gasteiger charge is 2.31. The Morgan fingerprint density at radius 2 is 2.14 bits per heavy atom. The van der Waals surface area contributed by atoms with Gasteiger partial charge in [-0.1, -0.05) is 36.8 Å². The maximum atomic E-state index is 11.8. The van der Waals surface area contributed by atoms with Crippen LogP contribution in [-0.2, 0) is 9.84 Å². The van der Waals surface area contributed by atoms with Gasteiger partial charge in [-0.2, -0.15) is 0 Å². The van der Waals surface area contributed by atoms with E-state index in [4.69, 9.17) is 0 Å². The Morgan fingerprint density at radius 1 is 1.36 bits per heavy atom. The molecule has 5 nitrogen and oxygen atoms in total. The number of carbonyl (C=O) groups is 1. The Bertz CT molecular complexity index is 628. The van der Waals surface area contributed by atoms with Crippen molar-refractivity contribution in [2.75, 3.05) is 18.8 Å². The zero-order valence-electron chi connectivity index (χ0n) is 13.1. The normalized spacial score (nSPS) is 21.3. The van der Waals surface area contributed by atoms with Gasteiger partial charge in [0.25, 0.3) is 0 Å². The maximum absolute atomic E-state index is 11.8. The van der Waals surface area contributed by atoms with Crippen LogP contribution in [0.2, 0.25) is 0 Å². The molecule has 2 atom stereocenters. The lowest BCUT2D eigenvalue weighted by Crippen LogP contribution is -2.42. The standard InChI is InChI=1S/C16H24N2O3S/c1-12-5-3-6-14(9-12)13(2)10-17-16(19)18-11-15-7-4-8-22(15,20)21/h3,5-6,9,13,15H,4,7-8,10-11H2,1-2H3,(H2,17,18,19)/t13-,15-/m1/s1. The SMILES string of the molecule is Cc1cccc([C@H](C)CNC(=O)NC[C@H]2CCCS2(=O)=O)c1. The van der Waals surface area contributed by atoms with Crippen LogP contribution in [-0.4, -0.2) is 38.5 Å². The molecule has 0 aliphatic carbocycles. The first-order chi connectivity index (χ1) is 10.4. The molecule has 0 spiro atoms. The number of amides is 2. The van der Waals surface area contributed by atoms with Crippen molar-refractivity contribution in [2.24, 2.45) is 0 Å². The number of rotatable bonds is 5. The average Bonchev–Trinajstić information content (AvgIpc) is 2.81. The Morgan fingerprint density at radius 3 is 2.77 bits per heavy atom. The van der Waals surface area contributed by atoms with Crippen LogP contribution in [0, 0.1) is 6.92 Å². The summed E-state index contributed by atoms with van der Waals surface area (Å²) in [5.41, 5.74) is 2.37. The summed E-state index contributed by atoms with van der Waals surface area (Å²) >= 11 is 0. The van der Waals surface area contributed by atoms with Gasteiger partial charge in [0.05, 0.1) is 11.0 Å². The van der Waals surface area contributed by atoms with Crippen molar-refractivity contribution in [3.8, 4) is 0 Å². The first-order valence-corrected chi connectivity index (χ1v) is 9.40. The topological polar surface area (TPSA) is 75.3 Å². The number of urea groups is 1. The van der Waals surface area contributed by atoms with Crippen LogP contribution in [0.5, 0.6) is 0 Å². The number of sulfone groups is 1. The molecule has 1 saturated heterocycles. The van der Waals surface area contributed by atoms with Gasteiger partial charge in [-0.3, -0.25) is 0 Å². The zero-order valence-corrected chi connectivity index (χ0v) is 13.9. The number of hydrogen-bond acceptors (Lipinski definition) is 3. The second-order valence-corrected chi connectivity index (χ2v) is 8.44. The number of benzene rings is 1. The van der Waals surface area contributed by atoms with Gasteiger partial charge in [-0.15, -0.1) is 0 Å². The lowest BCUT2D eigenvalue weighted by Gasteiger charge is -2.15. The molecule has 1 fully saturated rings. The van der Waals surface area contributed by atoms with Crippen molar-refractivity contribution >= 4 is 15.9 Å². The number of hydrogen-bond donors (Lipinski definition) is 2. The monoisotopic (exact) mass is 324 g/mol. The third-order valence-corrected chi connectivity index (χ3v) is 6.41. The molecule has 1 heterocycles. The molecule has 0 aromatic heterocycles. The number of carbonyl (C=O) groups excluding carboxylic acids is 1. The Labute approximate surface area is 132 Å². The maximum Gasteiger partial charge on any atom is 0.314 e. The summed E-state index contributed by atoms with van der Waals surface area (Å²) in [6, 6.07) is 7.89. The average molecular weight is 324 g/mol. The summed E-state index contributed by atoms with van der Waals surface area (Å²) in [4.78, 5) is 11.8. The van der Waals surface area contributed by atoms with Crippen LogP contribution in [0.3, 0.4) is 0 Å². The largest absolute Gasteiger partial charge is 0.338 e. The quantitative estimate of drug-likeness (QED) is 0.869. The van der Waals surface area contributed by atoms with E-state index in [1.54, 1.807) is 0 Å². The predicted octanol–water partition coefficient (Wildman–Crippen LogP) is 1.97. The molecular weight excluding hydrogens is 300 g/mol. The van der Waals surface area contributed by atoms with E-state index in [1.807, 2.05) is 25.1 Å². The minimum absolute atomic E-state index is 0.201. The van der Waals surface area contributed by atoms with Gasteiger partial charge >= 0.3 is 6.03 Å². The second-order valence-electron chi connectivity index (χ2n) is 6.04. The molecule has 0 saturated carbocycles. The van der Waals surface area contributed by atoms with Crippen molar-refractivity contribution < 1.29 is 13.2 Å². The predicted molar refractivity (Wildman–Crippen MR) is 87.8 cm³/mol. The molecule has 0 radical (unpaired) electrons. The molecule has 1 aromatic rings. The molecule has 0 unspecified atom stereocenters. The zero-order chi connectivity index (χ0) is 16.2. The van der Waals surface area contributed by atoms with E-state index in [-0.39, 0.29) is 24.2 Å². The van der Waals surface area contributed by atoms with E-state index in [0.717, 1.165) is 0 Å². The number of nitrogens with one attached hydrogen (secondary N) is 2. The molecule has 122 valence electrons. The summed E-state index contributed by atoms with van der Waals surface area (Å²) < 4.78 is 23.4. The van der Waals surface area contributed by atoms with Crippen molar-refractivity contribution in [3.05, 3.63) is 35.4 Å². The van der Waals surface area contributed by atoms with E-state index < -0.39 is 15.1 Å². The van der Waals surface area contributed by atoms with Gasteiger partial charge in [0.15, 0.2) is 9.84 Å². The molecule has 1 aromatic carbocycles. The Kier molecular flexibility index (Phi) is 5.45. The third-order valence-electron chi connectivity index (χ3n) is 4.13. The van der Waals surface area contributed by atoms with Crippen LogP contribution in [0.4, 0.5) is 4.79 Å². The minimum Gasteiger partial charge on any atom is -0.338 e. The van der Waals surface area contributed by atoms with Gasteiger partial charge in [-0.25, -0.2) is 13.2 Å². The molecule has 2 rings (SSSR count). The van der Waals surface area contributed by atoms with Gasteiger partial charge in [0.2, 0.25) is 0 Å². The Balaban J connectivity index is 1.76. The van der Waals surface area contributed by atoms with E-state index in [0.29, 0.717) is 19.4 Å². The fourth-order valence-electron chi connectivity index (χ4n) is 2.70. The first kappa shape index (κ1) is 16.8. The Hall–Kier alpha value is -1.56. The molecule has 6 heteroatoms. The van der Waals surface area contributed by atoms with E-state index in [2.05, 4.69) is 23.6 Å². The third kappa shape index (κ3) is 4.47. The van der Waals surface area contributed by atoms with Crippen LogP contribution in [0.25, 0.3) is 0 Å². The molecule has 0 bridgehead atoms. The first-order valence-electron chi connectivity index (χ1n) is 7.68. The summed E-state index contributed by atoms with van der Waals surface area (Å²) in [5.74, 6) is 0.451. The smallest absolute Gasteiger partial charge is 0.314 e. The molecule has 22 heavy (non-hydrogen) atoms. The van der Waals surface area contributed by atoms with Crippen LogP contribution in [0.1, 0.15) is 36.8 Å². The highest BCUT2D eigenvalue weighted by molar-refractivity contribution is 7.92. The fraction of sp³-hybridized carbons (Fsp3) is 0.562. The van der Waals surface area contributed by atoms with Crippen molar-refractivity contribution in [1.82, 2.24) is 10.6 Å². The van der Waals surface area contributed by atoms with Crippen LogP contribution < -0.4 is 10.6 Å². The molecule has 2 N–H and O–H groups in total. The molecule has 2 amide bonds. The molecular formula is C16H24N2O3S. The lowest BCUT2D eigenvalue weighted by atomic mass is 9.99. The van der Waals surface area contributed by atoms with E-state index in [1.165, 1.54) is 11.1 Å². The lowest BCUT2D eigenvalue weighted by molar-refractivity contribution is 0.240. The minimum atomic E-state index is -3.00. The van der Waals surface area contributed by atoms with Gasteiger partial charge in [0.1, 0.15) is 0 Å². The van der Waals surface area contributed by atoms with Gasteiger partial charge in [-0.05, 0) is 31.2 Å². The van der Waals surface area contributed by atoms with Gasteiger partial charge in [0, 0.05) is 13.1 Å². The van der Waals surface area contributed by atoms with Crippen LogP contribution in [0.15, 0.2) is 24.3 Å². The summed E-state index contributed by atoms with van der Waals surface area (Å²) in [6.07, 6.45) is 1.34. The van der Waals surface area contributed by atoms with Crippen LogP contribution >= 0.6 is 0 Å². The van der Waals surface area contributed by atoms with E-state index >= 15 is 0 Å². The van der Waals surface area contributed by atoms with Crippen molar-refractivity contribution in [2.45, 2.75) is 37.9 Å². The van der Waals surface area contributed by atoms with Crippen molar-refractivity contribution in [1.29, 1.82) is 0 Å². The van der Waals surface area contributed by atoms with E-state index in [9.17, 15) is 13.2 Å². The van der Waals surface area contributed by atoms with Crippen molar-refractivity contribution in [3.63, 3.8) is 0 Å².